The van der Waals surface area contributed by atoms with Crippen LogP contribution in [0.5, 0.6) is 0 Å². The van der Waals surface area contributed by atoms with Gasteiger partial charge in [-0.3, -0.25) is 0 Å². The molecule has 0 heterocycles. The van der Waals surface area contributed by atoms with Gasteiger partial charge in [-0.15, -0.1) is 0 Å². The summed E-state index contributed by atoms with van der Waals surface area (Å²) in [6.07, 6.45) is 2.17. The van der Waals surface area contributed by atoms with E-state index in [1.807, 2.05) is 6.92 Å². The van der Waals surface area contributed by atoms with Gasteiger partial charge in [-0.25, -0.2) is 0 Å². The van der Waals surface area contributed by atoms with Gasteiger partial charge in [0.05, 0.1) is 18.3 Å². The maximum Gasteiger partial charge on any atom is 0.0641 e. The molecule has 0 aromatic heterocycles. The summed E-state index contributed by atoms with van der Waals surface area (Å²) < 4.78 is 12.4. The molecule has 0 saturated carbocycles. The molecule has 0 aliphatic rings. The molecule has 0 fully saturated rings. The summed E-state index contributed by atoms with van der Waals surface area (Å²) in [5.74, 6) is 1.08. The number of ether oxygens (including phenoxy) is 2. The van der Waals surface area contributed by atoms with Crippen molar-refractivity contribution in [3.63, 3.8) is 0 Å². The molecule has 0 spiro atoms. The molecule has 0 aromatic rings. The number of hydrogen-bond donors (Lipinski definition) is 1. The zero-order valence-electron chi connectivity index (χ0n) is 19.0. The smallest absolute Gasteiger partial charge is 0.0641 e. The molecule has 0 aliphatic heterocycles. The number of rotatable bonds is 12. The van der Waals surface area contributed by atoms with Crippen LogP contribution < -0.4 is 5.73 Å². The highest BCUT2D eigenvalue weighted by Crippen LogP contribution is 2.35. The second-order valence-corrected chi connectivity index (χ2v) is 10.4. The first-order valence-electron chi connectivity index (χ1n) is 10.1. The van der Waals surface area contributed by atoms with Crippen LogP contribution in [0.25, 0.3) is 0 Å². The van der Waals surface area contributed by atoms with E-state index < -0.39 is 0 Å². The fourth-order valence-electron chi connectivity index (χ4n) is 2.80. The second kappa shape index (κ2) is 9.71. The highest BCUT2D eigenvalue weighted by atomic mass is 16.5. The molecule has 3 atom stereocenters. The van der Waals surface area contributed by atoms with Gasteiger partial charge in [-0.1, -0.05) is 48.5 Å². The van der Waals surface area contributed by atoms with Crippen LogP contribution in [0.3, 0.4) is 0 Å². The Morgan fingerprint density at radius 1 is 0.880 bits per heavy atom. The minimum atomic E-state index is -0.177. The normalized spacial score (nSPS) is 17.6. The van der Waals surface area contributed by atoms with Gasteiger partial charge in [-0.05, 0) is 63.2 Å². The third kappa shape index (κ3) is 8.88. The number of nitrogens with two attached hydrogens (primary N) is 1. The average molecular weight is 358 g/mol. The lowest BCUT2D eigenvalue weighted by Gasteiger charge is -2.40. The van der Waals surface area contributed by atoms with Gasteiger partial charge in [-0.2, -0.15) is 0 Å². The molecule has 0 aliphatic carbocycles. The summed E-state index contributed by atoms with van der Waals surface area (Å²) in [6.45, 7) is 26.1. The van der Waals surface area contributed by atoms with E-state index in [4.69, 9.17) is 15.2 Å². The van der Waals surface area contributed by atoms with Crippen LogP contribution in [0.15, 0.2) is 0 Å². The van der Waals surface area contributed by atoms with Crippen LogP contribution in [0.4, 0.5) is 0 Å². The quantitative estimate of drug-likeness (QED) is 0.490. The van der Waals surface area contributed by atoms with Crippen LogP contribution in [0.2, 0.25) is 0 Å². The monoisotopic (exact) mass is 357 g/mol. The molecule has 0 aromatic carbocycles. The highest BCUT2D eigenvalue weighted by molar-refractivity contribution is 4.83. The van der Waals surface area contributed by atoms with Crippen LogP contribution in [0.1, 0.15) is 89.0 Å². The predicted molar refractivity (Wildman–Crippen MR) is 110 cm³/mol. The minimum absolute atomic E-state index is 0.0619. The molecule has 3 nitrogen and oxygen atoms in total. The SMILES string of the molecule is CC(N)CC(C)(C)OCC(C)C(C)(C)C(C)OCCC(C)(C)C(C)C. The standard InChI is InChI=1S/C22H47NO2/c1-16(2)20(6,7)12-13-24-19(5)22(10,11)17(3)15-25-21(8,9)14-18(4)23/h16-19H,12-15,23H2,1-11H3. The van der Waals surface area contributed by atoms with Crippen molar-refractivity contribution in [3.8, 4) is 0 Å². The summed E-state index contributed by atoms with van der Waals surface area (Å²) in [6, 6.07) is 0.157. The summed E-state index contributed by atoms with van der Waals surface area (Å²) >= 11 is 0. The molecule has 25 heavy (non-hydrogen) atoms. The molecule has 0 saturated heterocycles. The van der Waals surface area contributed by atoms with E-state index in [9.17, 15) is 0 Å². The first-order valence-corrected chi connectivity index (χ1v) is 10.1. The van der Waals surface area contributed by atoms with Crippen molar-refractivity contribution >= 4 is 0 Å². The molecule has 152 valence electrons. The lowest BCUT2D eigenvalue weighted by Crippen LogP contribution is -2.41. The predicted octanol–water partition coefficient (Wildman–Crippen LogP) is 5.66. The van der Waals surface area contributed by atoms with Crippen LogP contribution in [-0.2, 0) is 9.47 Å². The Morgan fingerprint density at radius 3 is 1.84 bits per heavy atom. The number of hydrogen-bond acceptors (Lipinski definition) is 3. The molecule has 0 amide bonds. The Labute approximate surface area is 158 Å². The van der Waals surface area contributed by atoms with Crippen molar-refractivity contribution < 1.29 is 9.47 Å². The molecule has 0 rings (SSSR count). The lowest BCUT2D eigenvalue weighted by molar-refractivity contribution is -0.0956. The first kappa shape index (κ1) is 24.9. The van der Waals surface area contributed by atoms with Crippen LogP contribution in [-0.4, -0.2) is 31.0 Å². The Balaban J connectivity index is 4.52. The largest absolute Gasteiger partial charge is 0.378 e. The van der Waals surface area contributed by atoms with Gasteiger partial charge >= 0.3 is 0 Å². The van der Waals surface area contributed by atoms with Gasteiger partial charge in [0.2, 0.25) is 0 Å². The van der Waals surface area contributed by atoms with Crippen molar-refractivity contribution in [1.82, 2.24) is 0 Å². The van der Waals surface area contributed by atoms with Crippen LogP contribution in [0, 0.1) is 22.7 Å². The molecule has 0 radical (unpaired) electrons. The van der Waals surface area contributed by atoms with Gasteiger partial charge in [0.1, 0.15) is 0 Å². The molecule has 3 unspecified atom stereocenters. The van der Waals surface area contributed by atoms with Crippen LogP contribution >= 0.6 is 0 Å². The molecule has 2 N–H and O–H groups in total. The first-order chi connectivity index (χ1) is 11.1. The summed E-state index contributed by atoms with van der Waals surface area (Å²) in [4.78, 5) is 0. The summed E-state index contributed by atoms with van der Waals surface area (Å²) in [5.41, 5.74) is 6.14. The van der Waals surface area contributed by atoms with E-state index in [1.54, 1.807) is 0 Å². The third-order valence-electron chi connectivity index (χ3n) is 6.53. The average Bonchev–Trinajstić information content (AvgIpc) is 2.42. The van der Waals surface area contributed by atoms with Crippen molar-refractivity contribution in [2.75, 3.05) is 13.2 Å². The van der Waals surface area contributed by atoms with Crippen molar-refractivity contribution in [1.29, 1.82) is 0 Å². The fourth-order valence-corrected chi connectivity index (χ4v) is 2.80. The Kier molecular flexibility index (Phi) is 9.66. The zero-order valence-corrected chi connectivity index (χ0v) is 19.0. The second-order valence-electron chi connectivity index (χ2n) is 10.4. The van der Waals surface area contributed by atoms with E-state index in [2.05, 4.69) is 69.2 Å². The van der Waals surface area contributed by atoms with Gasteiger partial charge in [0.15, 0.2) is 0 Å². The van der Waals surface area contributed by atoms with E-state index in [-0.39, 0.29) is 23.2 Å². The fraction of sp³-hybridized carbons (Fsp3) is 1.00. The van der Waals surface area contributed by atoms with E-state index in [0.29, 0.717) is 17.3 Å². The van der Waals surface area contributed by atoms with Gasteiger partial charge < -0.3 is 15.2 Å². The molecular weight excluding hydrogens is 310 g/mol. The maximum atomic E-state index is 6.23. The van der Waals surface area contributed by atoms with E-state index in [1.165, 1.54) is 0 Å². The molecule has 3 heteroatoms. The summed E-state index contributed by atoms with van der Waals surface area (Å²) in [7, 11) is 0. The van der Waals surface area contributed by atoms with Gasteiger partial charge in [0.25, 0.3) is 0 Å². The third-order valence-corrected chi connectivity index (χ3v) is 6.53. The highest BCUT2D eigenvalue weighted by Gasteiger charge is 2.35. The Bertz CT molecular complexity index is 372. The Hall–Kier alpha value is -0.120. The molecular formula is C22H47NO2. The van der Waals surface area contributed by atoms with Crippen molar-refractivity contribution in [3.05, 3.63) is 0 Å². The van der Waals surface area contributed by atoms with E-state index in [0.717, 1.165) is 26.1 Å². The minimum Gasteiger partial charge on any atom is -0.378 e. The van der Waals surface area contributed by atoms with Gasteiger partial charge in [0, 0.05) is 12.6 Å². The topological polar surface area (TPSA) is 44.5 Å². The maximum absolute atomic E-state index is 6.23. The van der Waals surface area contributed by atoms with E-state index >= 15 is 0 Å². The zero-order chi connectivity index (χ0) is 20.1. The summed E-state index contributed by atoms with van der Waals surface area (Å²) in [5, 5.41) is 0. The Morgan fingerprint density at radius 2 is 1.40 bits per heavy atom. The molecule has 0 bridgehead atoms. The van der Waals surface area contributed by atoms with Crippen molar-refractivity contribution in [2.24, 2.45) is 28.4 Å². The van der Waals surface area contributed by atoms with Crippen molar-refractivity contribution in [2.45, 2.75) is 107 Å². The lowest BCUT2D eigenvalue weighted by atomic mass is 9.75.